The third-order valence-electron chi connectivity index (χ3n) is 3.85. The van der Waals surface area contributed by atoms with Gasteiger partial charge in [-0.15, -0.1) is 0 Å². The summed E-state index contributed by atoms with van der Waals surface area (Å²) in [7, 11) is 3.31. The van der Waals surface area contributed by atoms with Crippen LogP contribution in [0, 0.1) is 11.7 Å². The summed E-state index contributed by atoms with van der Waals surface area (Å²) in [6, 6.07) is 4.64. The summed E-state index contributed by atoms with van der Waals surface area (Å²) in [6.07, 6.45) is 2.71. The molecule has 1 aromatic heterocycles. The number of ether oxygens (including phenoxy) is 1. The fraction of sp³-hybridized carbons (Fsp3) is 0.471. The number of aryl methyl sites for hydroxylation is 1. The number of benzene rings is 1. The lowest BCUT2D eigenvalue weighted by Crippen LogP contribution is -2.30. The molecule has 0 aliphatic rings. The average Bonchev–Trinajstić information content (AvgIpc) is 2.94. The van der Waals surface area contributed by atoms with E-state index in [9.17, 15) is 9.50 Å². The second-order valence-electron chi connectivity index (χ2n) is 5.98. The van der Waals surface area contributed by atoms with Crippen molar-refractivity contribution in [2.75, 3.05) is 13.7 Å². The third-order valence-corrected chi connectivity index (χ3v) is 3.85. The van der Waals surface area contributed by atoms with E-state index in [-0.39, 0.29) is 17.8 Å². The van der Waals surface area contributed by atoms with Crippen molar-refractivity contribution in [2.45, 2.75) is 26.0 Å². The number of hydrogen-bond acceptors (Lipinski definition) is 4. The SMILES string of the molecule is COc1ccc(C(NCC(O)c2cnn(C)c2)C(C)C)c(F)c1. The number of nitrogens with one attached hydrogen (secondary N) is 1. The monoisotopic (exact) mass is 321 g/mol. The molecule has 126 valence electrons. The predicted molar refractivity (Wildman–Crippen MR) is 86.7 cm³/mol. The number of aliphatic hydroxyl groups is 1. The van der Waals surface area contributed by atoms with E-state index < -0.39 is 6.10 Å². The van der Waals surface area contributed by atoms with Gasteiger partial charge < -0.3 is 15.2 Å². The molecule has 23 heavy (non-hydrogen) atoms. The smallest absolute Gasteiger partial charge is 0.131 e. The highest BCUT2D eigenvalue weighted by atomic mass is 19.1. The molecule has 0 saturated carbocycles. The van der Waals surface area contributed by atoms with E-state index in [1.807, 2.05) is 13.8 Å². The van der Waals surface area contributed by atoms with E-state index in [1.165, 1.54) is 13.2 Å². The molecule has 0 spiro atoms. The Hall–Kier alpha value is -1.92. The Morgan fingerprint density at radius 2 is 2.13 bits per heavy atom. The van der Waals surface area contributed by atoms with Gasteiger partial charge in [0.25, 0.3) is 0 Å². The fourth-order valence-electron chi connectivity index (χ4n) is 2.56. The molecular weight excluding hydrogens is 297 g/mol. The van der Waals surface area contributed by atoms with E-state index in [4.69, 9.17) is 4.74 Å². The highest BCUT2D eigenvalue weighted by Gasteiger charge is 2.21. The minimum Gasteiger partial charge on any atom is -0.497 e. The predicted octanol–water partition coefficient (Wildman–Crippen LogP) is 2.59. The van der Waals surface area contributed by atoms with Crippen molar-refractivity contribution in [2.24, 2.45) is 13.0 Å². The largest absolute Gasteiger partial charge is 0.497 e. The number of halogens is 1. The van der Waals surface area contributed by atoms with Gasteiger partial charge in [-0.3, -0.25) is 4.68 Å². The maximum absolute atomic E-state index is 14.3. The minimum atomic E-state index is -0.689. The molecule has 0 bridgehead atoms. The van der Waals surface area contributed by atoms with Gasteiger partial charge in [-0.2, -0.15) is 5.10 Å². The lowest BCUT2D eigenvalue weighted by molar-refractivity contribution is 0.165. The summed E-state index contributed by atoms with van der Waals surface area (Å²) in [5.41, 5.74) is 1.30. The second-order valence-corrected chi connectivity index (χ2v) is 5.98. The summed E-state index contributed by atoms with van der Waals surface area (Å²) < 4.78 is 21.0. The molecule has 0 aliphatic heterocycles. The Kier molecular flexibility index (Phi) is 5.74. The molecule has 2 N–H and O–H groups in total. The summed E-state index contributed by atoms with van der Waals surface area (Å²) in [5, 5.41) is 17.5. The Labute approximate surface area is 136 Å². The van der Waals surface area contributed by atoms with Crippen molar-refractivity contribution < 1.29 is 14.2 Å². The van der Waals surface area contributed by atoms with Crippen LogP contribution in [0.1, 0.15) is 37.1 Å². The number of methoxy groups -OCH3 is 1. The van der Waals surface area contributed by atoms with Crippen LogP contribution in [-0.2, 0) is 7.05 Å². The van der Waals surface area contributed by atoms with E-state index in [0.29, 0.717) is 17.9 Å². The number of nitrogens with zero attached hydrogens (tertiary/aromatic N) is 2. The van der Waals surface area contributed by atoms with Crippen molar-refractivity contribution in [1.29, 1.82) is 0 Å². The summed E-state index contributed by atoms with van der Waals surface area (Å²) in [4.78, 5) is 0. The molecule has 1 heterocycles. The Balaban J connectivity index is 2.10. The van der Waals surface area contributed by atoms with Gasteiger partial charge in [-0.05, 0) is 12.0 Å². The summed E-state index contributed by atoms with van der Waals surface area (Å²) in [6.45, 7) is 4.34. The second kappa shape index (κ2) is 7.57. The van der Waals surface area contributed by atoms with Gasteiger partial charge in [-0.25, -0.2) is 4.39 Å². The zero-order valence-corrected chi connectivity index (χ0v) is 14.0. The number of rotatable bonds is 7. The molecule has 0 aliphatic carbocycles. The number of aliphatic hydroxyl groups excluding tert-OH is 1. The quantitative estimate of drug-likeness (QED) is 0.823. The van der Waals surface area contributed by atoms with Crippen LogP contribution in [0.15, 0.2) is 30.6 Å². The van der Waals surface area contributed by atoms with Crippen LogP contribution >= 0.6 is 0 Å². The van der Waals surface area contributed by atoms with Gasteiger partial charge in [-0.1, -0.05) is 19.9 Å². The van der Waals surface area contributed by atoms with Crippen LogP contribution < -0.4 is 10.1 Å². The maximum Gasteiger partial charge on any atom is 0.131 e. The zero-order chi connectivity index (χ0) is 17.0. The van der Waals surface area contributed by atoms with Crippen LogP contribution in [0.4, 0.5) is 4.39 Å². The molecular formula is C17H24FN3O2. The van der Waals surface area contributed by atoms with Gasteiger partial charge in [0.1, 0.15) is 11.6 Å². The van der Waals surface area contributed by atoms with Crippen LogP contribution in [0.2, 0.25) is 0 Å². The van der Waals surface area contributed by atoms with Crippen molar-refractivity contribution in [1.82, 2.24) is 15.1 Å². The van der Waals surface area contributed by atoms with Crippen molar-refractivity contribution in [3.05, 3.63) is 47.5 Å². The van der Waals surface area contributed by atoms with E-state index in [2.05, 4.69) is 10.4 Å². The molecule has 2 rings (SSSR count). The number of aromatic nitrogens is 2. The fourth-order valence-corrected chi connectivity index (χ4v) is 2.56. The van der Waals surface area contributed by atoms with Gasteiger partial charge in [0.15, 0.2) is 0 Å². The van der Waals surface area contributed by atoms with Crippen LogP contribution in [0.5, 0.6) is 5.75 Å². The van der Waals surface area contributed by atoms with Crippen molar-refractivity contribution >= 4 is 0 Å². The Morgan fingerprint density at radius 3 is 2.65 bits per heavy atom. The molecule has 6 heteroatoms. The van der Waals surface area contributed by atoms with Crippen LogP contribution in [0.25, 0.3) is 0 Å². The normalized spacial score (nSPS) is 14.0. The standard InChI is InChI=1S/C17H24FN3O2/c1-11(2)17(14-6-5-13(23-4)7-15(14)18)19-9-16(22)12-8-20-21(3)10-12/h5-8,10-11,16-17,19,22H,9H2,1-4H3. The maximum atomic E-state index is 14.3. The molecule has 1 aromatic carbocycles. The molecule has 0 saturated heterocycles. The third kappa shape index (κ3) is 4.30. The van der Waals surface area contributed by atoms with Crippen LogP contribution in [-0.4, -0.2) is 28.5 Å². The first kappa shape index (κ1) is 17.4. The van der Waals surface area contributed by atoms with Crippen LogP contribution in [0.3, 0.4) is 0 Å². The molecule has 5 nitrogen and oxygen atoms in total. The van der Waals surface area contributed by atoms with E-state index in [1.54, 1.807) is 36.3 Å². The highest BCUT2D eigenvalue weighted by Crippen LogP contribution is 2.27. The highest BCUT2D eigenvalue weighted by molar-refractivity contribution is 5.31. The molecule has 0 fully saturated rings. The minimum absolute atomic E-state index is 0.166. The Morgan fingerprint density at radius 1 is 1.39 bits per heavy atom. The molecule has 2 unspecified atom stereocenters. The van der Waals surface area contributed by atoms with Gasteiger partial charge in [0.2, 0.25) is 0 Å². The van der Waals surface area contributed by atoms with Crippen molar-refractivity contribution in [3.8, 4) is 5.75 Å². The summed E-state index contributed by atoms with van der Waals surface area (Å²) in [5.74, 6) is 0.342. The van der Waals surface area contributed by atoms with Gasteiger partial charge in [0, 0.05) is 43.0 Å². The molecule has 0 amide bonds. The number of hydrogen-bond donors (Lipinski definition) is 2. The Bertz CT molecular complexity index is 643. The van der Waals surface area contributed by atoms with E-state index >= 15 is 0 Å². The lowest BCUT2D eigenvalue weighted by atomic mass is 9.95. The van der Waals surface area contributed by atoms with Gasteiger partial charge >= 0.3 is 0 Å². The van der Waals surface area contributed by atoms with E-state index in [0.717, 1.165) is 5.56 Å². The average molecular weight is 321 g/mol. The zero-order valence-electron chi connectivity index (χ0n) is 14.0. The first-order valence-corrected chi connectivity index (χ1v) is 7.65. The van der Waals surface area contributed by atoms with Gasteiger partial charge in [0.05, 0.1) is 19.4 Å². The first-order chi connectivity index (χ1) is 10.9. The summed E-state index contributed by atoms with van der Waals surface area (Å²) >= 11 is 0. The van der Waals surface area contributed by atoms with Crippen molar-refractivity contribution in [3.63, 3.8) is 0 Å². The topological polar surface area (TPSA) is 59.3 Å². The molecule has 2 aromatic rings. The lowest BCUT2D eigenvalue weighted by Gasteiger charge is -2.25. The first-order valence-electron chi connectivity index (χ1n) is 7.65. The molecule has 0 radical (unpaired) electrons. The molecule has 2 atom stereocenters.